The van der Waals surface area contributed by atoms with Crippen LogP contribution in [0.4, 0.5) is 5.69 Å². The highest BCUT2D eigenvalue weighted by atomic mass is 32.2. The van der Waals surface area contributed by atoms with Crippen molar-refractivity contribution in [3.05, 3.63) is 48.0 Å². The molecule has 1 aliphatic rings. The summed E-state index contributed by atoms with van der Waals surface area (Å²) >= 11 is 1.15. The Hall–Kier alpha value is -2.76. The van der Waals surface area contributed by atoms with Crippen LogP contribution >= 0.6 is 11.8 Å². The molecular weight excluding hydrogens is 466 g/mol. The first-order chi connectivity index (χ1) is 15.8. The maximum absolute atomic E-state index is 12.9. The number of ether oxygens (including phenoxy) is 2. The minimum atomic E-state index is -3.83. The summed E-state index contributed by atoms with van der Waals surface area (Å²) in [6, 6.07) is 11.6. The molecule has 1 aliphatic heterocycles. The van der Waals surface area contributed by atoms with Crippen molar-refractivity contribution >= 4 is 39.1 Å². The standard InChI is InChI=1S/C22H27N3O6S2/c1-4-14-5-8-16(9-6-14)33(28,29)19-12-23-22(25-21(19)27)32-13-20(26)24-17-10-7-15(30-2)11-18(17)31-3/h5-11,19,22-23H,4,12-13H2,1-3H3,(H,24,26)(H,25,27). The molecule has 2 unspecified atom stereocenters. The van der Waals surface area contributed by atoms with Crippen LogP contribution in [0.15, 0.2) is 47.4 Å². The van der Waals surface area contributed by atoms with Crippen LogP contribution in [0.2, 0.25) is 0 Å². The molecule has 33 heavy (non-hydrogen) atoms. The molecule has 9 nitrogen and oxygen atoms in total. The molecular formula is C22H27N3O6S2. The molecule has 3 N–H and O–H groups in total. The maximum atomic E-state index is 12.9. The SMILES string of the molecule is CCc1ccc(S(=O)(=O)C2CNC(SCC(=O)Nc3ccc(OC)cc3OC)NC2=O)cc1. The summed E-state index contributed by atoms with van der Waals surface area (Å²) in [6.45, 7) is 1.93. The van der Waals surface area contributed by atoms with Crippen molar-refractivity contribution in [1.29, 1.82) is 0 Å². The molecule has 2 aromatic rings. The molecule has 2 atom stereocenters. The number of carbonyl (C=O) groups is 2. The van der Waals surface area contributed by atoms with E-state index in [1.165, 1.54) is 26.4 Å². The minimum Gasteiger partial charge on any atom is -0.497 e. The van der Waals surface area contributed by atoms with Gasteiger partial charge in [0.25, 0.3) is 0 Å². The Labute approximate surface area is 197 Å². The monoisotopic (exact) mass is 493 g/mol. The van der Waals surface area contributed by atoms with Gasteiger partial charge in [0, 0.05) is 12.6 Å². The van der Waals surface area contributed by atoms with Crippen LogP contribution in [0.3, 0.4) is 0 Å². The van der Waals surface area contributed by atoms with Gasteiger partial charge in [-0.1, -0.05) is 19.1 Å². The van der Waals surface area contributed by atoms with Crippen LogP contribution in [0.1, 0.15) is 12.5 Å². The van der Waals surface area contributed by atoms with E-state index in [2.05, 4.69) is 16.0 Å². The van der Waals surface area contributed by atoms with E-state index in [0.29, 0.717) is 17.2 Å². The molecule has 2 aromatic carbocycles. The van der Waals surface area contributed by atoms with Gasteiger partial charge in [0.2, 0.25) is 11.8 Å². The van der Waals surface area contributed by atoms with E-state index >= 15 is 0 Å². The van der Waals surface area contributed by atoms with E-state index in [-0.39, 0.29) is 23.1 Å². The first-order valence-corrected chi connectivity index (χ1v) is 12.9. The number of sulfone groups is 1. The first-order valence-electron chi connectivity index (χ1n) is 10.3. The molecule has 0 saturated carbocycles. The number of rotatable bonds is 9. The average Bonchev–Trinajstić information content (AvgIpc) is 2.82. The number of hydrogen-bond acceptors (Lipinski definition) is 8. The van der Waals surface area contributed by atoms with Gasteiger partial charge in [-0.15, -0.1) is 11.8 Å². The number of amides is 2. The van der Waals surface area contributed by atoms with Crippen molar-refractivity contribution in [1.82, 2.24) is 10.6 Å². The van der Waals surface area contributed by atoms with Crippen molar-refractivity contribution in [2.75, 3.05) is 31.8 Å². The number of thioether (sulfide) groups is 1. The molecule has 2 amide bonds. The fourth-order valence-electron chi connectivity index (χ4n) is 3.26. The zero-order valence-electron chi connectivity index (χ0n) is 18.6. The number of methoxy groups -OCH3 is 2. The largest absolute Gasteiger partial charge is 0.497 e. The molecule has 1 saturated heterocycles. The fourth-order valence-corrected chi connectivity index (χ4v) is 5.57. The van der Waals surface area contributed by atoms with Crippen LogP contribution in [-0.4, -0.2) is 57.5 Å². The molecule has 3 rings (SSSR count). The van der Waals surface area contributed by atoms with Gasteiger partial charge < -0.3 is 20.1 Å². The quantitative estimate of drug-likeness (QED) is 0.483. The molecule has 0 bridgehead atoms. The van der Waals surface area contributed by atoms with E-state index < -0.39 is 26.5 Å². The van der Waals surface area contributed by atoms with E-state index in [1.54, 1.807) is 30.3 Å². The van der Waals surface area contributed by atoms with Crippen molar-refractivity contribution in [2.24, 2.45) is 0 Å². The number of nitrogens with one attached hydrogen (secondary N) is 3. The zero-order chi connectivity index (χ0) is 24.0. The fraction of sp³-hybridized carbons (Fsp3) is 0.364. The highest BCUT2D eigenvalue weighted by Crippen LogP contribution is 2.29. The molecule has 0 aromatic heterocycles. The van der Waals surface area contributed by atoms with Gasteiger partial charge in [-0.05, 0) is 36.2 Å². The highest BCUT2D eigenvalue weighted by molar-refractivity contribution is 8.00. The summed E-state index contributed by atoms with van der Waals surface area (Å²) in [5, 5.41) is 7.13. The van der Waals surface area contributed by atoms with Crippen LogP contribution in [0, 0.1) is 0 Å². The lowest BCUT2D eigenvalue weighted by Gasteiger charge is -2.29. The lowest BCUT2D eigenvalue weighted by molar-refractivity contribution is -0.122. The van der Waals surface area contributed by atoms with Gasteiger partial charge in [-0.2, -0.15) is 0 Å². The summed E-state index contributed by atoms with van der Waals surface area (Å²) in [4.78, 5) is 25.0. The van der Waals surface area contributed by atoms with E-state index in [0.717, 1.165) is 23.7 Å². The molecule has 11 heteroatoms. The van der Waals surface area contributed by atoms with Gasteiger partial charge in [0.15, 0.2) is 15.1 Å². The predicted octanol–water partition coefficient (Wildman–Crippen LogP) is 1.78. The molecule has 0 aliphatic carbocycles. The Kier molecular flexibility index (Phi) is 8.22. The smallest absolute Gasteiger partial charge is 0.241 e. The third-order valence-electron chi connectivity index (χ3n) is 5.15. The molecule has 1 fully saturated rings. The Morgan fingerprint density at radius 2 is 1.88 bits per heavy atom. The maximum Gasteiger partial charge on any atom is 0.241 e. The van der Waals surface area contributed by atoms with Crippen LogP contribution in [0.25, 0.3) is 0 Å². The van der Waals surface area contributed by atoms with Crippen molar-refractivity contribution in [2.45, 2.75) is 29.0 Å². The number of carbonyl (C=O) groups excluding carboxylic acids is 2. The highest BCUT2D eigenvalue weighted by Gasteiger charge is 2.38. The normalized spacial score (nSPS) is 18.3. The van der Waals surface area contributed by atoms with Gasteiger partial charge in [0.1, 0.15) is 17.0 Å². The Morgan fingerprint density at radius 1 is 1.15 bits per heavy atom. The van der Waals surface area contributed by atoms with Gasteiger partial charge >= 0.3 is 0 Å². The second kappa shape index (κ2) is 10.9. The summed E-state index contributed by atoms with van der Waals surface area (Å²) < 4.78 is 36.2. The molecule has 178 valence electrons. The summed E-state index contributed by atoms with van der Waals surface area (Å²) in [7, 11) is -0.808. The predicted molar refractivity (Wildman–Crippen MR) is 127 cm³/mol. The van der Waals surface area contributed by atoms with Gasteiger partial charge in [0.05, 0.1) is 30.6 Å². The average molecular weight is 494 g/mol. The van der Waals surface area contributed by atoms with Crippen LogP contribution < -0.4 is 25.4 Å². The van der Waals surface area contributed by atoms with Gasteiger partial charge in [-0.3, -0.25) is 14.9 Å². The Balaban J connectivity index is 1.55. The third-order valence-corrected chi connectivity index (χ3v) is 8.26. The lowest BCUT2D eigenvalue weighted by atomic mass is 10.2. The van der Waals surface area contributed by atoms with E-state index in [1.807, 2.05) is 6.92 Å². The van der Waals surface area contributed by atoms with Crippen molar-refractivity contribution < 1.29 is 27.5 Å². The molecule has 0 spiro atoms. The Morgan fingerprint density at radius 3 is 2.48 bits per heavy atom. The number of hydrogen-bond donors (Lipinski definition) is 3. The Bertz CT molecular complexity index is 1110. The van der Waals surface area contributed by atoms with Crippen molar-refractivity contribution in [3.8, 4) is 11.5 Å². The summed E-state index contributed by atoms with van der Waals surface area (Å²) in [5.74, 6) is 0.188. The lowest BCUT2D eigenvalue weighted by Crippen LogP contribution is -2.59. The van der Waals surface area contributed by atoms with Crippen LogP contribution in [0.5, 0.6) is 11.5 Å². The topological polar surface area (TPSA) is 123 Å². The second-order valence-corrected chi connectivity index (χ2v) is 10.5. The number of aryl methyl sites for hydroxylation is 1. The second-order valence-electron chi connectivity index (χ2n) is 7.25. The minimum absolute atomic E-state index is 0.0308. The van der Waals surface area contributed by atoms with E-state index in [9.17, 15) is 18.0 Å². The third kappa shape index (κ3) is 5.98. The number of anilines is 1. The summed E-state index contributed by atoms with van der Waals surface area (Å²) in [5.41, 5.74) is 0.918. The summed E-state index contributed by atoms with van der Waals surface area (Å²) in [6.07, 6.45) is 0.795. The number of benzene rings is 2. The molecule has 1 heterocycles. The van der Waals surface area contributed by atoms with Gasteiger partial charge in [-0.25, -0.2) is 8.42 Å². The zero-order valence-corrected chi connectivity index (χ0v) is 20.2. The molecule has 0 radical (unpaired) electrons. The van der Waals surface area contributed by atoms with Crippen molar-refractivity contribution in [3.63, 3.8) is 0 Å². The van der Waals surface area contributed by atoms with E-state index in [4.69, 9.17) is 9.47 Å². The first kappa shape index (κ1) is 24.9. The van der Waals surface area contributed by atoms with Crippen LogP contribution in [-0.2, 0) is 25.8 Å².